The quantitative estimate of drug-likeness (QED) is 0.552. The minimum atomic E-state index is -0.364. The number of imidazole rings is 1. The Bertz CT molecular complexity index is 1280. The van der Waals surface area contributed by atoms with Gasteiger partial charge in [0.1, 0.15) is 6.20 Å². The van der Waals surface area contributed by atoms with Crippen LogP contribution >= 0.6 is 0 Å². The van der Waals surface area contributed by atoms with E-state index in [1.165, 1.54) is 0 Å². The van der Waals surface area contributed by atoms with E-state index in [0.717, 1.165) is 55.4 Å². The van der Waals surface area contributed by atoms with Crippen molar-refractivity contribution in [2.75, 3.05) is 26.2 Å². The molecule has 184 valence electrons. The fourth-order valence-corrected chi connectivity index (χ4v) is 5.74. The summed E-state index contributed by atoms with van der Waals surface area (Å²) in [6.07, 6.45) is 4.89. The van der Waals surface area contributed by atoms with E-state index in [-0.39, 0.29) is 29.1 Å². The van der Waals surface area contributed by atoms with Gasteiger partial charge in [0.25, 0.3) is 0 Å². The van der Waals surface area contributed by atoms with Crippen molar-refractivity contribution in [2.45, 2.75) is 51.6 Å². The van der Waals surface area contributed by atoms with Gasteiger partial charge in [-0.3, -0.25) is 14.3 Å². The van der Waals surface area contributed by atoms with Crippen molar-refractivity contribution >= 4 is 22.8 Å². The number of para-hydroxylation sites is 2. The molecule has 0 radical (unpaired) electrons. The summed E-state index contributed by atoms with van der Waals surface area (Å²) in [5, 5.41) is 2.11. The molecule has 2 N–H and O–H groups in total. The Labute approximate surface area is 204 Å². The van der Waals surface area contributed by atoms with Crippen molar-refractivity contribution < 1.29 is 9.91 Å². The first kappa shape index (κ1) is 23.4. The maximum Gasteiger partial charge on any atom is 0.326 e. The van der Waals surface area contributed by atoms with Gasteiger partial charge in [-0.15, -0.1) is 0 Å². The summed E-state index contributed by atoms with van der Waals surface area (Å²) in [7, 11) is 0. The van der Waals surface area contributed by atoms with Crippen LogP contribution in [0, 0.1) is 5.41 Å². The standard InChI is InChI=1S/C26H33N7O2/c1-18(19-7-12-28-23(17-19)30-27)31-15-10-26(2,11-16-31)24(34)32-13-8-20(9-14-32)33-22-6-4-3-5-21(22)29-25(33)35/h3-7,12,17-18,20,30H,8-11,13-16H2,1-2H3,(H,29,35). The first-order valence-electron chi connectivity index (χ1n) is 12.5. The topological polar surface area (TPSA) is 110 Å². The number of carbonyl (C=O) groups excluding carboxylic acids is 1. The molecule has 5 rings (SSSR count). The molecule has 2 aliphatic rings. The third-order valence-corrected chi connectivity index (χ3v) is 8.09. The minimum Gasteiger partial charge on any atom is -0.614 e. The van der Waals surface area contributed by atoms with Crippen molar-refractivity contribution in [2.24, 2.45) is 5.41 Å². The van der Waals surface area contributed by atoms with E-state index in [4.69, 9.17) is 5.53 Å². The Hall–Kier alpha value is -3.33. The molecule has 35 heavy (non-hydrogen) atoms. The van der Waals surface area contributed by atoms with Gasteiger partial charge < -0.3 is 20.5 Å². The summed E-state index contributed by atoms with van der Waals surface area (Å²) in [5.74, 6) is 0.676. The van der Waals surface area contributed by atoms with Crippen molar-refractivity contribution in [3.05, 3.63) is 64.2 Å². The van der Waals surface area contributed by atoms with Crippen molar-refractivity contribution in [3.63, 3.8) is 0 Å². The molecule has 9 nitrogen and oxygen atoms in total. The highest BCUT2D eigenvalue weighted by Crippen LogP contribution is 2.37. The van der Waals surface area contributed by atoms with E-state index in [2.05, 4.69) is 33.8 Å². The number of amides is 1. The lowest BCUT2D eigenvalue weighted by molar-refractivity contribution is -0.384. The summed E-state index contributed by atoms with van der Waals surface area (Å²) in [6, 6.07) is 11.9. The average Bonchev–Trinajstić information content (AvgIpc) is 3.24. The molecule has 1 aromatic carbocycles. The van der Waals surface area contributed by atoms with E-state index in [9.17, 15) is 9.59 Å². The third-order valence-electron chi connectivity index (χ3n) is 8.09. The molecule has 2 aliphatic heterocycles. The van der Waals surface area contributed by atoms with Gasteiger partial charge in [-0.1, -0.05) is 24.0 Å². The van der Waals surface area contributed by atoms with Crippen LogP contribution in [0.1, 0.15) is 57.2 Å². The number of hydrogen-bond acceptors (Lipinski definition) is 4. The third kappa shape index (κ3) is 4.40. The number of pyridine rings is 1. The van der Waals surface area contributed by atoms with Crippen molar-refractivity contribution in [1.29, 1.82) is 0 Å². The molecule has 2 aromatic heterocycles. The number of nitrogens with one attached hydrogen (secondary N) is 2. The van der Waals surface area contributed by atoms with Gasteiger partial charge in [-0.25, -0.2) is 4.79 Å². The van der Waals surface area contributed by atoms with Gasteiger partial charge in [0.15, 0.2) is 0 Å². The second-order valence-corrected chi connectivity index (χ2v) is 10.2. The zero-order chi connectivity index (χ0) is 24.6. The SMILES string of the molecule is CC(c1ccnc([NH+]=[N-])c1)N1CCC(C)(C(=O)N2CCC(n3c(=O)[nH]c4ccccc43)CC2)CC1. The summed E-state index contributed by atoms with van der Waals surface area (Å²) < 4.78 is 1.87. The Morgan fingerprint density at radius 2 is 1.89 bits per heavy atom. The van der Waals surface area contributed by atoms with Crippen LogP contribution in [0.2, 0.25) is 0 Å². The second-order valence-electron chi connectivity index (χ2n) is 10.2. The van der Waals surface area contributed by atoms with Crippen LogP contribution in [0.4, 0.5) is 5.82 Å². The number of H-pyrrole nitrogens is 1. The predicted molar refractivity (Wildman–Crippen MR) is 133 cm³/mol. The minimum absolute atomic E-state index is 0.0690. The average molecular weight is 476 g/mol. The van der Waals surface area contributed by atoms with Crippen LogP contribution in [0.5, 0.6) is 0 Å². The number of likely N-dealkylation sites (tertiary alicyclic amines) is 2. The lowest BCUT2D eigenvalue weighted by atomic mass is 9.78. The molecule has 0 aliphatic carbocycles. The number of aromatic nitrogens is 3. The number of fused-ring (bicyclic) bond motifs is 1. The summed E-state index contributed by atoms with van der Waals surface area (Å²) >= 11 is 0. The molecule has 4 heterocycles. The first-order valence-corrected chi connectivity index (χ1v) is 12.5. The van der Waals surface area contributed by atoms with Crippen LogP contribution in [-0.2, 0) is 4.79 Å². The van der Waals surface area contributed by atoms with Crippen molar-refractivity contribution in [1.82, 2.24) is 24.3 Å². The predicted octanol–water partition coefficient (Wildman–Crippen LogP) is 2.49. The lowest BCUT2D eigenvalue weighted by Crippen LogP contribution is -2.55. The molecule has 1 unspecified atom stereocenters. The number of piperidine rings is 2. The fourth-order valence-electron chi connectivity index (χ4n) is 5.74. The van der Waals surface area contributed by atoms with E-state index in [0.29, 0.717) is 18.9 Å². The van der Waals surface area contributed by atoms with E-state index in [1.54, 1.807) is 6.20 Å². The van der Waals surface area contributed by atoms with Crippen LogP contribution in [0.15, 0.2) is 47.4 Å². The Morgan fingerprint density at radius 3 is 2.60 bits per heavy atom. The summed E-state index contributed by atoms with van der Waals surface area (Å²) in [6.45, 7) is 7.30. The van der Waals surface area contributed by atoms with Crippen LogP contribution in [0.3, 0.4) is 0 Å². The zero-order valence-electron chi connectivity index (χ0n) is 20.4. The maximum atomic E-state index is 13.6. The van der Waals surface area contributed by atoms with Crippen LogP contribution < -0.4 is 10.8 Å². The molecular weight excluding hydrogens is 442 g/mol. The van der Waals surface area contributed by atoms with Gasteiger partial charge in [0, 0.05) is 36.7 Å². The fraction of sp³-hybridized carbons (Fsp3) is 0.500. The summed E-state index contributed by atoms with van der Waals surface area (Å²) in [5.41, 5.74) is 11.6. The van der Waals surface area contributed by atoms with Crippen LogP contribution in [0.25, 0.3) is 16.6 Å². The molecule has 0 bridgehead atoms. The second kappa shape index (κ2) is 9.37. The molecular formula is C26H33N7O2. The largest absolute Gasteiger partial charge is 0.614 e. The van der Waals surface area contributed by atoms with Crippen molar-refractivity contribution in [3.8, 4) is 0 Å². The molecule has 0 saturated carbocycles. The Morgan fingerprint density at radius 1 is 1.17 bits per heavy atom. The Kier molecular flexibility index (Phi) is 6.27. The monoisotopic (exact) mass is 475 g/mol. The number of carbonyl (C=O) groups is 1. The maximum absolute atomic E-state index is 13.6. The zero-order valence-corrected chi connectivity index (χ0v) is 20.4. The highest BCUT2D eigenvalue weighted by atomic mass is 16.2. The molecule has 2 fully saturated rings. The highest BCUT2D eigenvalue weighted by molar-refractivity contribution is 5.82. The number of aromatic amines is 1. The van der Waals surface area contributed by atoms with E-state index < -0.39 is 0 Å². The number of nitrogens with zero attached hydrogens (tertiary/aromatic N) is 5. The lowest BCUT2D eigenvalue weighted by Gasteiger charge is -2.44. The highest BCUT2D eigenvalue weighted by Gasteiger charge is 2.41. The smallest absolute Gasteiger partial charge is 0.326 e. The Balaban J connectivity index is 1.20. The van der Waals surface area contributed by atoms with Gasteiger partial charge in [0.05, 0.1) is 11.0 Å². The van der Waals surface area contributed by atoms with Gasteiger partial charge in [-0.05, 0) is 69.5 Å². The molecule has 1 amide bonds. The van der Waals surface area contributed by atoms with Gasteiger partial charge in [-0.2, -0.15) is 0 Å². The number of benzene rings is 1. The van der Waals surface area contributed by atoms with Crippen LogP contribution in [-0.4, -0.2) is 56.4 Å². The summed E-state index contributed by atoms with van der Waals surface area (Å²) in [4.78, 5) is 37.6. The molecule has 0 spiro atoms. The number of hydrogen-bond donors (Lipinski definition) is 2. The molecule has 2 saturated heterocycles. The van der Waals surface area contributed by atoms with Gasteiger partial charge >= 0.3 is 11.5 Å². The first-order chi connectivity index (χ1) is 16.9. The van der Waals surface area contributed by atoms with Gasteiger partial charge in [0.2, 0.25) is 5.91 Å². The number of rotatable bonds is 5. The van der Waals surface area contributed by atoms with E-state index in [1.807, 2.05) is 45.9 Å². The van der Waals surface area contributed by atoms with E-state index >= 15 is 0 Å². The molecule has 9 heteroatoms. The normalized spacial score (nSPS) is 20.1. The molecule has 3 aromatic rings. The molecule has 1 atom stereocenters.